The van der Waals surface area contributed by atoms with Gasteiger partial charge in [0, 0.05) is 6.61 Å². The van der Waals surface area contributed by atoms with E-state index in [0.717, 1.165) is 37.5 Å². The van der Waals surface area contributed by atoms with Gasteiger partial charge in [-0.05, 0) is 43.9 Å². The summed E-state index contributed by atoms with van der Waals surface area (Å²) in [6.07, 6.45) is 2.11. The Hall–Kier alpha value is -0.800. The summed E-state index contributed by atoms with van der Waals surface area (Å²) >= 11 is 0. The fourth-order valence-corrected chi connectivity index (χ4v) is 1.56. The molecule has 0 aliphatic rings. The number of aliphatic hydroxyl groups is 1. The van der Waals surface area contributed by atoms with E-state index in [1.807, 2.05) is 19.1 Å². The molecule has 0 amide bonds. The largest absolute Gasteiger partial charge is 0.465 e. The first-order valence-corrected chi connectivity index (χ1v) is 5.90. The monoisotopic (exact) mass is 225 g/mol. The predicted octanol–water partition coefficient (Wildman–Crippen LogP) is 2.48. The molecule has 0 aromatic carbocycles. The van der Waals surface area contributed by atoms with E-state index in [1.165, 1.54) is 0 Å². The highest BCUT2D eigenvalue weighted by Crippen LogP contribution is 2.20. The van der Waals surface area contributed by atoms with Crippen LogP contribution in [0.4, 0.5) is 0 Å². The van der Waals surface area contributed by atoms with Gasteiger partial charge < -0.3 is 14.8 Å². The SMILES string of the molecule is Cc1ccc(CNCCCC(C)(C)CO)o1. The Morgan fingerprint density at radius 1 is 1.38 bits per heavy atom. The molecule has 1 heterocycles. The van der Waals surface area contributed by atoms with Crippen LogP contribution in [-0.4, -0.2) is 18.3 Å². The molecule has 0 aliphatic heterocycles. The lowest BCUT2D eigenvalue weighted by atomic mass is 9.89. The Bertz CT molecular complexity index is 305. The van der Waals surface area contributed by atoms with Crippen molar-refractivity contribution in [3.63, 3.8) is 0 Å². The van der Waals surface area contributed by atoms with Gasteiger partial charge in [0.25, 0.3) is 0 Å². The van der Waals surface area contributed by atoms with Gasteiger partial charge in [0.2, 0.25) is 0 Å². The lowest BCUT2D eigenvalue weighted by Gasteiger charge is -2.21. The molecule has 0 aliphatic carbocycles. The first kappa shape index (κ1) is 13.3. The topological polar surface area (TPSA) is 45.4 Å². The van der Waals surface area contributed by atoms with Crippen molar-refractivity contribution in [3.05, 3.63) is 23.7 Å². The average molecular weight is 225 g/mol. The Kier molecular flexibility index (Phi) is 5.03. The molecule has 16 heavy (non-hydrogen) atoms. The lowest BCUT2D eigenvalue weighted by Crippen LogP contribution is -2.20. The lowest BCUT2D eigenvalue weighted by molar-refractivity contribution is 0.148. The van der Waals surface area contributed by atoms with Crippen LogP contribution in [-0.2, 0) is 6.54 Å². The summed E-state index contributed by atoms with van der Waals surface area (Å²) in [6.45, 7) is 8.12. The minimum atomic E-state index is 0.0446. The molecule has 0 spiro atoms. The molecule has 0 fully saturated rings. The van der Waals surface area contributed by atoms with Crippen molar-refractivity contribution in [3.8, 4) is 0 Å². The standard InChI is InChI=1S/C13H23NO2/c1-11-5-6-12(16-11)9-14-8-4-7-13(2,3)10-15/h5-6,14-15H,4,7-10H2,1-3H3. The van der Waals surface area contributed by atoms with Crippen LogP contribution < -0.4 is 5.32 Å². The molecule has 1 aromatic heterocycles. The zero-order valence-electron chi connectivity index (χ0n) is 10.5. The summed E-state index contributed by atoms with van der Waals surface area (Å²) in [4.78, 5) is 0. The molecule has 0 radical (unpaired) electrons. The van der Waals surface area contributed by atoms with E-state index in [-0.39, 0.29) is 12.0 Å². The maximum atomic E-state index is 9.10. The van der Waals surface area contributed by atoms with Crippen LogP contribution >= 0.6 is 0 Å². The minimum absolute atomic E-state index is 0.0446. The van der Waals surface area contributed by atoms with E-state index in [2.05, 4.69) is 19.2 Å². The summed E-state index contributed by atoms with van der Waals surface area (Å²) in [5.74, 6) is 1.94. The van der Waals surface area contributed by atoms with E-state index in [0.29, 0.717) is 0 Å². The van der Waals surface area contributed by atoms with Gasteiger partial charge in [-0.2, -0.15) is 0 Å². The molecule has 92 valence electrons. The Morgan fingerprint density at radius 2 is 2.12 bits per heavy atom. The third kappa shape index (κ3) is 4.81. The molecule has 0 saturated heterocycles. The molecular formula is C13H23NO2. The molecule has 0 atom stereocenters. The summed E-state index contributed by atoms with van der Waals surface area (Å²) in [6, 6.07) is 3.98. The molecule has 1 aromatic rings. The molecule has 1 rings (SSSR count). The van der Waals surface area contributed by atoms with Crippen molar-refractivity contribution in [2.45, 2.75) is 40.2 Å². The summed E-state index contributed by atoms with van der Waals surface area (Å²) in [5, 5.41) is 12.4. The number of aliphatic hydroxyl groups excluding tert-OH is 1. The number of rotatable bonds is 7. The van der Waals surface area contributed by atoms with Crippen LogP contribution in [0.2, 0.25) is 0 Å². The predicted molar refractivity (Wildman–Crippen MR) is 65.3 cm³/mol. The number of aryl methyl sites for hydroxylation is 1. The van der Waals surface area contributed by atoms with Crippen molar-refractivity contribution >= 4 is 0 Å². The average Bonchev–Trinajstić information content (AvgIpc) is 2.64. The Labute approximate surface area is 97.9 Å². The summed E-state index contributed by atoms with van der Waals surface area (Å²) in [7, 11) is 0. The van der Waals surface area contributed by atoms with E-state index in [1.54, 1.807) is 0 Å². The molecule has 3 heteroatoms. The molecule has 2 N–H and O–H groups in total. The first-order valence-electron chi connectivity index (χ1n) is 5.90. The quantitative estimate of drug-likeness (QED) is 0.701. The molecule has 0 unspecified atom stereocenters. The molecule has 3 nitrogen and oxygen atoms in total. The third-order valence-corrected chi connectivity index (χ3v) is 2.73. The maximum absolute atomic E-state index is 9.10. The minimum Gasteiger partial charge on any atom is -0.465 e. The van der Waals surface area contributed by atoms with Gasteiger partial charge in [-0.25, -0.2) is 0 Å². The first-order chi connectivity index (χ1) is 7.53. The van der Waals surface area contributed by atoms with Crippen LogP contribution in [0.5, 0.6) is 0 Å². The highest BCUT2D eigenvalue weighted by molar-refractivity contribution is 5.04. The summed E-state index contributed by atoms with van der Waals surface area (Å²) in [5.41, 5.74) is 0.0446. The number of nitrogens with one attached hydrogen (secondary N) is 1. The Balaban J connectivity index is 2.08. The molecular weight excluding hydrogens is 202 g/mol. The fourth-order valence-electron chi connectivity index (χ4n) is 1.56. The molecule has 0 bridgehead atoms. The van der Waals surface area contributed by atoms with Crippen molar-refractivity contribution in [1.82, 2.24) is 5.32 Å². The van der Waals surface area contributed by atoms with Crippen molar-refractivity contribution < 1.29 is 9.52 Å². The van der Waals surface area contributed by atoms with Crippen LogP contribution in [0.15, 0.2) is 16.5 Å². The normalized spacial score (nSPS) is 12.0. The fraction of sp³-hybridized carbons (Fsp3) is 0.692. The Morgan fingerprint density at radius 3 is 2.69 bits per heavy atom. The van der Waals surface area contributed by atoms with Crippen LogP contribution in [0, 0.1) is 12.3 Å². The van der Waals surface area contributed by atoms with Crippen molar-refractivity contribution in [2.24, 2.45) is 5.41 Å². The van der Waals surface area contributed by atoms with Crippen LogP contribution in [0.25, 0.3) is 0 Å². The number of hydrogen-bond acceptors (Lipinski definition) is 3. The highest BCUT2D eigenvalue weighted by atomic mass is 16.3. The van der Waals surface area contributed by atoms with Gasteiger partial charge in [-0.3, -0.25) is 0 Å². The van der Waals surface area contributed by atoms with Gasteiger partial charge in [0.05, 0.1) is 6.54 Å². The summed E-state index contributed by atoms with van der Waals surface area (Å²) < 4.78 is 5.45. The smallest absolute Gasteiger partial charge is 0.117 e. The second-order valence-corrected chi connectivity index (χ2v) is 5.12. The van der Waals surface area contributed by atoms with E-state index in [9.17, 15) is 0 Å². The van der Waals surface area contributed by atoms with Crippen molar-refractivity contribution in [1.29, 1.82) is 0 Å². The second-order valence-electron chi connectivity index (χ2n) is 5.12. The molecule has 0 saturated carbocycles. The van der Waals surface area contributed by atoms with Gasteiger partial charge in [-0.1, -0.05) is 13.8 Å². The highest BCUT2D eigenvalue weighted by Gasteiger charge is 2.15. The van der Waals surface area contributed by atoms with Gasteiger partial charge in [-0.15, -0.1) is 0 Å². The second kappa shape index (κ2) is 6.06. The van der Waals surface area contributed by atoms with E-state index >= 15 is 0 Å². The zero-order chi connectivity index (χ0) is 12.0. The maximum Gasteiger partial charge on any atom is 0.117 e. The number of hydrogen-bond donors (Lipinski definition) is 2. The van der Waals surface area contributed by atoms with Crippen molar-refractivity contribution in [2.75, 3.05) is 13.2 Å². The third-order valence-electron chi connectivity index (χ3n) is 2.73. The van der Waals surface area contributed by atoms with Crippen LogP contribution in [0.1, 0.15) is 38.2 Å². The van der Waals surface area contributed by atoms with Gasteiger partial charge in [0.1, 0.15) is 11.5 Å². The van der Waals surface area contributed by atoms with E-state index < -0.39 is 0 Å². The zero-order valence-corrected chi connectivity index (χ0v) is 10.5. The number of furan rings is 1. The van der Waals surface area contributed by atoms with Gasteiger partial charge >= 0.3 is 0 Å². The van der Waals surface area contributed by atoms with E-state index in [4.69, 9.17) is 9.52 Å². The van der Waals surface area contributed by atoms with Gasteiger partial charge in [0.15, 0.2) is 0 Å². The van der Waals surface area contributed by atoms with Crippen LogP contribution in [0.3, 0.4) is 0 Å².